The summed E-state index contributed by atoms with van der Waals surface area (Å²) in [6.45, 7) is 26.1. The Morgan fingerprint density at radius 2 is 1.49 bits per heavy atom. The average Bonchev–Trinajstić information content (AvgIpc) is 3.64. The van der Waals surface area contributed by atoms with Gasteiger partial charge in [0.25, 0.3) is 0 Å². The smallest absolute Gasteiger partial charge is 0.329 e. The lowest BCUT2D eigenvalue weighted by molar-refractivity contribution is 0.491. The van der Waals surface area contributed by atoms with Crippen LogP contribution in [0.25, 0.3) is 33.0 Å². The molecule has 0 N–H and O–H groups in total. The number of hydrogen-bond acceptors (Lipinski definition) is 2. The first-order chi connectivity index (χ1) is 31.9. The van der Waals surface area contributed by atoms with Crippen LogP contribution in [0.4, 0.5) is 22.7 Å². The second-order valence-corrected chi connectivity index (χ2v) is 26.4. The second kappa shape index (κ2) is 17.0. The molecule has 0 amide bonds. The van der Waals surface area contributed by atoms with Gasteiger partial charge in [0.15, 0.2) is 0 Å². The molecule has 4 heteroatoms. The van der Waals surface area contributed by atoms with Crippen molar-refractivity contribution in [3.8, 4) is 22.3 Å². The Hall–Kier alpha value is -5.45. The molecule has 2 nitrogen and oxygen atoms in total. The molecular weight excluding hydrogens is 828 g/mol. The number of anilines is 4. The SMILES string of the molecule is C=C(C)/C=C(/CCCC)CCN1c2cc3c(cc2N2B(c4ccc(C(C)(C)C)cc4)c4c(C)ccccc(C)ccc4-c4cc5ccccc5c1c42)-c1cc2c(cc1C3)C(C)(C)CCS2(C)C. The molecule has 0 aromatic heterocycles. The molecule has 0 bridgehead atoms. The van der Waals surface area contributed by atoms with Crippen LogP contribution in [0.2, 0.25) is 0 Å². The van der Waals surface area contributed by atoms with E-state index < -0.39 is 10.0 Å². The third-order valence-electron chi connectivity index (χ3n) is 15.6. The normalized spacial score (nSPS) is 16.6. The van der Waals surface area contributed by atoms with Crippen molar-refractivity contribution >= 4 is 61.3 Å². The molecule has 0 atom stereocenters. The van der Waals surface area contributed by atoms with E-state index in [0.29, 0.717) is 0 Å². The van der Waals surface area contributed by atoms with Crippen molar-refractivity contribution in [2.24, 2.45) is 0 Å². The van der Waals surface area contributed by atoms with Gasteiger partial charge in [-0.25, -0.2) is 10.0 Å². The van der Waals surface area contributed by atoms with E-state index in [0.717, 1.165) is 31.4 Å². The van der Waals surface area contributed by atoms with Crippen molar-refractivity contribution in [2.75, 3.05) is 34.5 Å². The van der Waals surface area contributed by atoms with Crippen molar-refractivity contribution in [2.45, 2.75) is 117 Å². The number of fused-ring (bicyclic) bond motifs is 10. The Kier molecular flexibility index (Phi) is 11.5. The number of benzene rings is 5. The zero-order chi connectivity index (χ0) is 47.2. The number of unbranched alkanes of at least 4 members (excludes halogenated alkanes) is 1. The van der Waals surface area contributed by atoms with Gasteiger partial charge in [0, 0.05) is 17.5 Å². The standard InChI is InChI=1S/C63H71BN2S/c1-13-14-21-44(34-41(2)3)30-32-65-56-38-47-35-46-37-55-58(67(11,12)33-31-63(55,9)10)40-53(46)52(47)39-57(56)66-61-54(36-45-22-17-18-23-50(45)60(61)65)51-29-24-42(4)19-15-16-20-43(5)59(51)64(66)49-27-25-48(26-28-49)62(6,7)8/h15-20,22-29,34,36-40H,2,13-14,21,30-33,35H2,1,3-12H3/b16-15?,19-15?,20-16?,29-24?,42-19?,42-24?,43-20?,44-34-,51-29?,59-43?. The Labute approximate surface area is 405 Å². The van der Waals surface area contributed by atoms with E-state index in [1.165, 1.54) is 125 Å². The lowest BCUT2D eigenvalue weighted by atomic mass is 9.44. The molecule has 10 rings (SSSR count). The molecule has 0 fully saturated rings. The highest BCUT2D eigenvalue weighted by atomic mass is 32.3. The molecule has 0 unspecified atom stereocenters. The summed E-state index contributed by atoms with van der Waals surface area (Å²) in [6.07, 6.45) is 14.1. The summed E-state index contributed by atoms with van der Waals surface area (Å²) in [7, 11) is -0.920. The molecular formula is C63H71BN2S. The lowest BCUT2D eigenvalue weighted by Gasteiger charge is -2.48. The summed E-state index contributed by atoms with van der Waals surface area (Å²) < 4.78 is 0. The van der Waals surface area contributed by atoms with Crippen LogP contribution in [-0.4, -0.2) is 31.7 Å². The van der Waals surface area contributed by atoms with Crippen LogP contribution < -0.4 is 20.6 Å². The maximum absolute atomic E-state index is 4.37. The van der Waals surface area contributed by atoms with Gasteiger partial charge in [-0.05, 0) is 161 Å². The predicted octanol–water partition coefficient (Wildman–Crippen LogP) is 16.0. The van der Waals surface area contributed by atoms with Crippen molar-refractivity contribution in [1.29, 1.82) is 0 Å². The van der Waals surface area contributed by atoms with E-state index in [4.69, 9.17) is 0 Å². The van der Waals surface area contributed by atoms with Crippen LogP contribution in [0, 0.1) is 13.8 Å². The first-order valence-corrected chi connectivity index (χ1v) is 27.7. The van der Waals surface area contributed by atoms with E-state index in [2.05, 4.69) is 212 Å². The van der Waals surface area contributed by atoms with E-state index in [9.17, 15) is 0 Å². The van der Waals surface area contributed by atoms with Gasteiger partial charge < -0.3 is 9.71 Å². The van der Waals surface area contributed by atoms with Crippen LogP contribution in [-0.2, 0) is 17.3 Å². The average molecular weight is 899 g/mol. The summed E-state index contributed by atoms with van der Waals surface area (Å²) in [5.74, 6) is 1.29. The van der Waals surface area contributed by atoms with E-state index in [-0.39, 0.29) is 17.7 Å². The van der Waals surface area contributed by atoms with Crippen molar-refractivity contribution in [3.05, 3.63) is 172 Å². The summed E-state index contributed by atoms with van der Waals surface area (Å²) in [6, 6.07) is 45.7. The van der Waals surface area contributed by atoms with Gasteiger partial charge in [-0.3, -0.25) is 0 Å². The van der Waals surface area contributed by atoms with Crippen LogP contribution in [0.1, 0.15) is 114 Å². The van der Waals surface area contributed by atoms with Gasteiger partial charge in [-0.1, -0.05) is 179 Å². The van der Waals surface area contributed by atoms with Crippen LogP contribution in [0.15, 0.2) is 144 Å². The molecule has 1 aliphatic carbocycles. The third-order valence-corrected chi connectivity index (χ3v) is 18.4. The zero-order valence-corrected chi connectivity index (χ0v) is 43.1. The molecule has 3 heterocycles. The largest absolute Gasteiger partial charge is 0.373 e. The van der Waals surface area contributed by atoms with Crippen molar-refractivity contribution in [1.82, 2.24) is 0 Å². The Bertz CT molecular complexity index is 3090. The molecule has 342 valence electrons. The first kappa shape index (κ1) is 45.3. The highest BCUT2D eigenvalue weighted by Gasteiger charge is 2.45. The maximum atomic E-state index is 4.37. The Morgan fingerprint density at radius 1 is 0.776 bits per heavy atom. The quantitative estimate of drug-likeness (QED) is 0.111. The van der Waals surface area contributed by atoms with Crippen LogP contribution in [0.5, 0.6) is 0 Å². The molecule has 0 radical (unpaired) electrons. The third kappa shape index (κ3) is 7.95. The number of rotatable bonds is 8. The molecule has 6 aromatic rings. The molecule has 0 spiro atoms. The van der Waals surface area contributed by atoms with E-state index >= 15 is 0 Å². The minimum absolute atomic E-state index is 0.0449. The summed E-state index contributed by atoms with van der Waals surface area (Å²) in [5.41, 5.74) is 24.7. The molecule has 0 saturated heterocycles. The number of nitrogens with zero attached hydrogens (tertiary/aromatic N) is 2. The molecule has 0 saturated carbocycles. The predicted molar refractivity (Wildman–Crippen MR) is 298 cm³/mol. The highest BCUT2D eigenvalue weighted by molar-refractivity contribution is 8.32. The van der Waals surface area contributed by atoms with Gasteiger partial charge in [0.1, 0.15) is 0 Å². The minimum atomic E-state index is -0.920. The summed E-state index contributed by atoms with van der Waals surface area (Å²) in [4.78, 5) is 7.17. The number of aryl methyl sites for hydroxylation is 2. The first-order valence-electron chi connectivity index (χ1n) is 25.0. The fraction of sp³-hybridized carbons (Fsp3) is 0.333. The van der Waals surface area contributed by atoms with E-state index in [1.54, 1.807) is 10.5 Å². The monoisotopic (exact) mass is 899 g/mol. The molecule has 4 aliphatic rings. The van der Waals surface area contributed by atoms with Crippen LogP contribution in [0.3, 0.4) is 0 Å². The van der Waals surface area contributed by atoms with Gasteiger partial charge in [-0.2, -0.15) is 0 Å². The maximum Gasteiger partial charge on any atom is 0.329 e. The van der Waals surface area contributed by atoms with Crippen LogP contribution >= 0.6 is 10.0 Å². The Morgan fingerprint density at radius 3 is 2.24 bits per heavy atom. The summed E-state index contributed by atoms with van der Waals surface area (Å²) >= 11 is 0. The fourth-order valence-corrected chi connectivity index (χ4v) is 14.3. The lowest BCUT2D eigenvalue weighted by Crippen LogP contribution is -2.59. The number of allylic oxidation sites excluding steroid dienone is 2. The summed E-state index contributed by atoms with van der Waals surface area (Å²) in [5, 5.41) is 2.58. The van der Waals surface area contributed by atoms with Gasteiger partial charge in [0.05, 0.1) is 22.7 Å². The van der Waals surface area contributed by atoms with E-state index in [1.807, 2.05) is 0 Å². The Balaban J connectivity index is 1.31. The second-order valence-electron chi connectivity index (χ2n) is 22.5. The van der Waals surface area contributed by atoms with Gasteiger partial charge in [0.2, 0.25) is 0 Å². The molecule has 3 aliphatic heterocycles. The van der Waals surface area contributed by atoms with Gasteiger partial charge >= 0.3 is 6.85 Å². The van der Waals surface area contributed by atoms with Crippen molar-refractivity contribution < 1.29 is 0 Å². The zero-order valence-electron chi connectivity index (χ0n) is 42.3. The molecule has 6 aromatic carbocycles. The van der Waals surface area contributed by atoms with Gasteiger partial charge in [-0.15, -0.1) is 0 Å². The fourth-order valence-electron chi connectivity index (χ4n) is 11.7. The highest BCUT2D eigenvalue weighted by Crippen LogP contribution is 2.62. The molecule has 67 heavy (non-hydrogen) atoms. The minimum Gasteiger partial charge on any atom is -0.373 e. The van der Waals surface area contributed by atoms with Crippen molar-refractivity contribution in [3.63, 3.8) is 0 Å². The topological polar surface area (TPSA) is 6.48 Å². The number of hydrogen-bond donors (Lipinski definition) is 0.